The first kappa shape index (κ1) is 7.76. The van der Waals surface area contributed by atoms with E-state index in [-0.39, 0.29) is 0 Å². The van der Waals surface area contributed by atoms with Crippen LogP contribution in [0.2, 0.25) is 0 Å². The van der Waals surface area contributed by atoms with Crippen LogP contribution in [0.25, 0.3) is 0 Å². The van der Waals surface area contributed by atoms with Crippen molar-refractivity contribution in [3.8, 4) is 0 Å². The van der Waals surface area contributed by atoms with Gasteiger partial charge in [0.25, 0.3) is 0 Å². The highest BCUT2D eigenvalue weighted by Crippen LogP contribution is 2.22. The van der Waals surface area contributed by atoms with Crippen LogP contribution in [0.1, 0.15) is 13.8 Å². The molecule has 0 bridgehead atoms. The fourth-order valence-corrected chi connectivity index (χ4v) is 3.13. The lowest BCUT2D eigenvalue weighted by molar-refractivity contribution is 0.307. The first-order valence-corrected chi connectivity index (χ1v) is 5.51. The molecule has 0 spiro atoms. The van der Waals surface area contributed by atoms with Crippen molar-refractivity contribution in [2.45, 2.75) is 19.9 Å². The fourth-order valence-electron chi connectivity index (χ4n) is 0.703. The summed E-state index contributed by atoms with van der Waals surface area (Å²) in [5.74, 6) is 2.45. The minimum Gasteiger partial charge on any atom is -0.282 e. The number of thioether (sulfide) groups is 2. The topological polar surface area (TPSA) is 3.24 Å². The quantitative estimate of drug-likeness (QED) is 0.582. The van der Waals surface area contributed by atoms with E-state index in [4.69, 9.17) is 0 Å². The zero-order valence-corrected chi connectivity index (χ0v) is 7.60. The normalized spacial score (nSPS) is 23.0. The second-order valence-electron chi connectivity index (χ2n) is 2.47. The van der Waals surface area contributed by atoms with E-state index >= 15 is 0 Å². The lowest BCUT2D eigenvalue weighted by Gasteiger charge is -2.28. The van der Waals surface area contributed by atoms with E-state index in [1.54, 1.807) is 0 Å². The van der Waals surface area contributed by atoms with Crippen LogP contribution in [0.5, 0.6) is 0 Å². The van der Waals surface area contributed by atoms with Gasteiger partial charge in [-0.3, -0.25) is 4.90 Å². The van der Waals surface area contributed by atoms with Crippen LogP contribution < -0.4 is 0 Å². The van der Waals surface area contributed by atoms with Gasteiger partial charge in [-0.25, -0.2) is 0 Å². The summed E-state index contributed by atoms with van der Waals surface area (Å²) in [4.78, 5) is 2.48. The standard InChI is InChI=1S/C6H13NS2/c1-6(2)7-3-8-5-9-4-7/h6H,3-5H2,1-2H3. The molecule has 0 aliphatic carbocycles. The second kappa shape index (κ2) is 3.74. The van der Waals surface area contributed by atoms with Crippen LogP contribution in [0.15, 0.2) is 0 Å². The maximum absolute atomic E-state index is 2.48. The lowest BCUT2D eigenvalue weighted by atomic mass is 10.4. The maximum Gasteiger partial charge on any atom is 0.0463 e. The van der Waals surface area contributed by atoms with Gasteiger partial charge in [0.2, 0.25) is 0 Å². The molecule has 1 nitrogen and oxygen atoms in total. The molecule has 0 aromatic rings. The Bertz CT molecular complexity index is 79.1. The summed E-state index contributed by atoms with van der Waals surface area (Å²) in [5, 5.41) is 1.28. The van der Waals surface area contributed by atoms with Crippen LogP contribution in [0, 0.1) is 0 Å². The van der Waals surface area contributed by atoms with Crippen LogP contribution in [0.4, 0.5) is 0 Å². The minimum absolute atomic E-state index is 0.727. The summed E-state index contributed by atoms with van der Waals surface area (Å²) in [6.07, 6.45) is 0. The molecular weight excluding hydrogens is 150 g/mol. The average Bonchev–Trinajstić information content (AvgIpc) is 1.90. The summed E-state index contributed by atoms with van der Waals surface area (Å²) in [5.41, 5.74) is 0. The third-order valence-electron chi connectivity index (χ3n) is 1.41. The summed E-state index contributed by atoms with van der Waals surface area (Å²) >= 11 is 4.04. The van der Waals surface area contributed by atoms with E-state index in [0.29, 0.717) is 0 Å². The van der Waals surface area contributed by atoms with Crippen molar-refractivity contribution >= 4 is 23.5 Å². The zero-order valence-electron chi connectivity index (χ0n) is 5.96. The predicted octanol–water partition coefficient (Wildman–Crippen LogP) is 2.05. The molecule has 1 heterocycles. The average molecular weight is 163 g/mol. The molecule has 0 aromatic carbocycles. The Balaban J connectivity index is 2.23. The molecule has 0 amide bonds. The predicted molar refractivity (Wildman–Crippen MR) is 46.8 cm³/mol. The van der Waals surface area contributed by atoms with Gasteiger partial charge in [-0.15, -0.1) is 23.5 Å². The van der Waals surface area contributed by atoms with Gasteiger partial charge < -0.3 is 0 Å². The number of rotatable bonds is 1. The molecule has 9 heavy (non-hydrogen) atoms. The van der Waals surface area contributed by atoms with Crippen molar-refractivity contribution in [3.05, 3.63) is 0 Å². The van der Waals surface area contributed by atoms with Crippen LogP contribution in [-0.4, -0.2) is 27.8 Å². The molecule has 0 aromatic heterocycles. The van der Waals surface area contributed by atoms with Gasteiger partial charge in [0.05, 0.1) is 0 Å². The van der Waals surface area contributed by atoms with E-state index < -0.39 is 0 Å². The van der Waals surface area contributed by atoms with Crippen molar-refractivity contribution in [1.29, 1.82) is 0 Å². The van der Waals surface area contributed by atoms with Crippen molar-refractivity contribution < 1.29 is 0 Å². The molecule has 1 fully saturated rings. The van der Waals surface area contributed by atoms with E-state index in [2.05, 4.69) is 18.7 Å². The van der Waals surface area contributed by atoms with Gasteiger partial charge >= 0.3 is 0 Å². The third-order valence-corrected chi connectivity index (χ3v) is 3.77. The Morgan fingerprint density at radius 1 is 1.22 bits per heavy atom. The molecule has 54 valence electrons. The fraction of sp³-hybridized carbons (Fsp3) is 1.00. The molecule has 0 N–H and O–H groups in total. The minimum atomic E-state index is 0.727. The first-order valence-electron chi connectivity index (χ1n) is 3.20. The SMILES string of the molecule is CC(C)N1CSCSC1. The second-order valence-corrected chi connectivity index (χ2v) is 4.74. The molecule has 0 saturated carbocycles. The molecule has 0 atom stereocenters. The molecule has 1 aliphatic heterocycles. The first-order chi connectivity index (χ1) is 4.30. The van der Waals surface area contributed by atoms with Gasteiger partial charge in [-0.05, 0) is 13.8 Å². The van der Waals surface area contributed by atoms with E-state index in [1.165, 1.54) is 16.8 Å². The van der Waals surface area contributed by atoms with Crippen molar-refractivity contribution in [3.63, 3.8) is 0 Å². The van der Waals surface area contributed by atoms with Crippen LogP contribution in [0.3, 0.4) is 0 Å². The highest BCUT2D eigenvalue weighted by molar-refractivity contribution is 8.16. The largest absolute Gasteiger partial charge is 0.282 e. The Morgan fingerprint density at radius 2 is 1.78 bits per heavy atom. The van der Waals surface area contributed by atoms with E-state index in [0.717, 1.165) is 6.04 Å². The maximum atomic E-state index is 2.48. The van der Waals surface area contributed by atoms with Crippen molar-refractivity contribution in [2.75, 3.05) is 16.8 Å². The van der Waals surface area contributed by atoms with Gasteiger partial charge in [0.15, 0.2) is 0 Å². The number of hydrogen-bond donors (Lipinski definition) is 0. The Morgan fingerprint density at radius 3 is 2.11 bits per heavy atom. The summed E-state index contributed by atoms with van der Waals surface area (Å²) in [7, 11) is 0. The van der Waals surface area contributed by atoms with E-state index in [1.807, 2.05) is 23.5 Å². The third kappa shape index (κ3) is 2.40. The number of hydrogen-bond acceptors (Lipinski definition) is 3. The summed E-state index contributed by atoms with van der Waals surface area (Å²) in [6.45, 7) is 4.51. The van der Waals surface area contributed by atoms with Crippen molar-refractivity contribution in [1.82, 2.24) is 4.90 Å². The molecule has 0 radical (unpaired) electrons. The van der Waals surface area contributed by atoms with Crippen LogP contribution in [-0.2, 0) is 0 Å². The van der Waals surface area contributed by atoms with Crippen LogP contribution >= 0.6 is 23.5 Å². The monoisotopic (exact) mass is 163 g/mol. The summed E-state index contributed by atoms with van der Waals surface area (Å²) < 4.78 is 0. The van der Waals surface area contributed by atoms with Gasteiger partial charge in [0, 0.05) is 22.9 Å². The summed E-state index contributed by atoms with van der Waals surface area (Å²) in [6, 6.07) is 0.727. The highest BCUT2D eigenvalue weighted by atomic mass is 32.2. The smallest absolute Gasteiger partial charge is 0.0463 e. The van der Waals surface area contributed by atoms with Gasteiger partial charge in [-0.2, -0.15) is 0 Å². The van der Waals surface area contributed by atoms with E-state index in [9.17, 15) is 0 Å². The Kier molecular flexibility index (Phi) is 3.22. The Hall–Kier alpha value is 0.660. The lowest BCUT2D eigenvalue weighted by Crippen LogP contribution is -2.32. The zero-order chi connectivity index (χ0) is 6.69. The molecule has 0 unspecified atom stereocenters. The molecule has 1 aliphatic rings. The van der Waals surface area contributed by atoms with Crippen molar-refractivity contribution in [2.24, 2.45) is 0 Å². The molecule has 1 saturated heterocycles. The number of nitrogens with zero attached hydrogens (tertiary/aromatic N) is 1. The highest BCUT2D eigenvalue weighted by Gasteiger charge is 2.12. The molecular formula is C6H13NS2. The molecule has 1 rings (SSSR count). The Labute approximate surface area is 65.6 Å². The molecule has 3 heteroatoms. The van der Waals surface area contributed by atoms with Gasteiger partial charge in [0.1, 0.15) is 0 Å². The van der Waals surface area contributed by atoms with Gasteiger partial charge in [-0.1, -0.05) is 0 Å².